The molecule has 0 spiro atoms. The summed E-state index contributed by atoms with van der Waals surface area (Å²) in [6, 6.07) is 7.72. The van der Waals surface area contributed by atoms with Crippen molar-refractivity contribution >= 4 is 0 Å². The van der Waals surface area contributed by atoms with Crippen molar-refractivity contribution in [1.29, 1.82) is 0 Å². The van der Waals surface area contributed by atoms with Gasteiger partial charge in [0.1, 0.15) is 5.82 Å². The molecule has 1 aliphatic rings. The van der Waals surface area contributed by atoms with Crippen molar-refractivity contribution in [2.24, 2.45) is 5.92 Å². The van der Waals surface area contributed by atoms with E-state index in [-0.39, 0.29) is 11.9 Å². The number of benzene rings is 1. The number of hydrogen-bond donors (Lipinski definition) is 1. The van der Waals surface area contributed by atoms with E-state index in [1.165, 1.54) is 12.5 Å². The predicted octanol–water partition coefficient (Wildman–Crippen LogP) is 2.82. The number of nitrogens with one attached hydrogen (secondary N) is 1. The maximum absolute atomic E-state index is 13.8. The van der Waals surface area contributed by atoms with Crippen molar-refractivity contribution < 1.29 is 4.39 Å². The summed E-state index contributed by atoms with van der Waals surface area (Å²) < 4.78 is 13.8. The molecule has 18 heavy (non-hydrogen) atoms. The molecule has 2 nitrogen and oxygen atoms in total. The molecule has 0 saturated carbocycles. The SMILES string of the molecule is CNC(CN1CC(C)CC1C)c1ccccc1F. The quantitative estimate of drug-likeness (QED) is 0.884. The Labute approximate surface area is 109 Å². The molecule has 1 aromatic carbocycles. The molecule has 1 aliphatic heterocycles. The van der Waals surface area contributed by atoms with Gasteiger partial charge in [-0.05, 0) is 32.4 Å². The Hall–Kier alpha value is -0.930. The lowest BCUT2D eigenvalue weighted by Gasteiger charge is -2.27. The summed E-state index contributed by atoms with van der Waals surface area (Å²) in [7, 11) is 1.90. The molecule has 1 aromatic rings. The van der Waals surface area contributed by atoms with Gasteiger partial charge in [0.2, 0.25) is 0 Å². The maximum Gasteiger partial charge on any atom is 0.128 e. The molecule has 0 aromatic heterocycles. The second-order valence-corrected chi connectivity index (χ2v) is 5.51. The average Bonchev–Trinajstić information content (AvgIpc) is 2.66. The zero-order valence-electron chi connectivity index (χ0n) is 11.5. The molecule has 100 valence electrons. The molecule has 1 heterocycles. The van der Waals surface area contributed by atoms with Crippen molar-refractivity contribution in [3.8, 4) is 0 Å². The molecule has 1 fully saturated rings. The van der Waals surface area contributed by atoms with E-state index >= 15 is 0 Å². The Balaban J connectivity index is 2.08. The molecular formula is C15H23FN2. The third kappa shape index (κ3) is 2.90. The van der Waals surface area contributed by atoms with Crippen molar-refractivity contribution in [3.63, 3.8) is 0 Å². The second-order valence-electron chi connectivity index (χ2n) is 5.51. The van der Waals surface area contributed by atoms with Crippen molar-refractivity contribution in [1.82, 2.24) is 10.2 Å². The van der Waals surface area contributed by atoms with E-state index in [1.807, 2.05) is 19.2 Å². The van der Waals surface area contributed by atoms with Gasteiger partial charge in [-0.15, -0.1) is 0 Å². The molecule has 0 amide bonds. The van der Waals surface area contributed by atoms with E-state index in [0.717, 1.165) is 24.6 Å². The maximum atomic E-state index is 13.8. The lowest BCUT2D eigenvalue weighted by atomic mass is 10.1. The Morgan fingerprint density at radius 2 is 2.11 bits per heavy atom. The lowest BCUT2D eigenvalue weighted by Crippen LogP contribution is -2.36. The summed E-state index contributed by atoms with van der Waals surface area (Å²) in [5, 5.41) is 3.24. The average molecular weight is 250 g/mol. The van der Waals surface area contributed by atoms with E-state index in [1.54, 1.807) is 6.07 Å². The highest BCUT2D eigenvalue weighted by Crippen LogP contribution is 2.26. The first-order chi connectivity index (χ1) is 8.61. The number of halogens is 1. The number of rotatable bonds is 4. The van der Waals surface area contributed by atoms with E-state index in [9.17, 15) is 4.39 Å². The van der Waals surface area contributed by atoms with Gasteiger partial charge in [0, 0.05) is 30.7 Å². The van der Waals surface area contributed by atoms with Crippen LogP contribution in [0, 0.1) is 11.7 Å². The smallest absolute Gasteiger partial charge is 0.128 e. The fourth-order valence-electron chi connectivity index (χ4n) is 2.98. The fourth-order valence-corrected chi connectivity index (χ4v) is 2.98. The van der Waals surface area contributed by atoms with Crippen LogP contribution in [0.25, 0.3) is 0 Å². The van der Waals surface area contributed by atoms with Gasteiger partial charge in [0.25, 0.3) is 0 Å². The second kappa shape index (κ2) is 5.81. The van der Waals surface area contributed by atoms with Crippen LogP contribution in [0.3, 0.4) is 0 Å². The van der Waals surface area contributed by atoms with Crippen LogP contribution in [-0.2, 0) is 0 Å². The van der Waals surface area contributed by atoms with Crippen LogP contribution in [0.5, 0.6) is 0 Å². The molecular weight excluding hydrogens is 227 g/mol. The van der Waals surface area contributed by atoms with Gasteiger partial charge < -0.3 is 5.32 Å². The van der Waals surface area contributed by atoms with Gasteiger partial charge in [0.15, 0.2) is 0 Å². The van der Waals surface area contributed by atoms with Gasteiger partial charge in [0.05, 0.1) is 0 Å². The van der Waals surface area contributed by atoms with E-state index in [4.69, 9.17) is 0 Å². The standard InChI is InChI=1S/C15H23FN2/c1-11-8-12(2)18(9-11)10-15(17-3)13-6-4-5-7-14(13)16/h4-7,11-12,15,17H,8-10H2,1-3H3. The summed E-state index contributed by atoms with van der Waals surface area (Å²) >= 11 is 0. The molecule has 3 atom stereocenters. The molecule has 3 heteroatoms. The Kier molecular flexibility index (Phi) is 4.36. The fraction of sp³-hybridized carbons (Fsp3) is 0.600. The molecule has 0 aliphatic carbocycles. The van der Waals surface area contributed by atoms with Crippen molar-refractivity contribution in [2.75, 3.05) is 20.1 Å². The molecule has 2 rings (SSSR count). The van der Waals surface area contributed by atoms with Crippen molar-refractivity contribution in [2.45, 2.75) is 32.4 Å². The summed E-state index contributed by atoms with van der Waals surface area (Å²) in [4.78, 5) is 2.46. The molecule has 0 bridgehead atoms. The highest BCUT2D eigenvalue weighted by atomic mass is 19.1. The molecule has 1 saturated heterocycles. The van der Waals surface area contributed by atoms with Crippen LogP contribution in [0.15, 0.2) is 24.3 Å². The first-order valence-electron chi connectivity index (χ1n) is 6.77. The Bertz CT molecular complexity index is 394. The largest absolute Gasteiger partial charge is 0.312 e. The monoisotopic (exact) mass is 250 g/mol. The third-order valence-electron chi connectivity index (χ3n) is 3.96. The number of likely N-dealkylation sites (N-methyl/N-ethyl adjacent to an activating group) is 1. The molecule has 1 N–H and O–H groups in total. The van der Waals surface area contributed by atoms with E-state index < -0.39 is 0 Å². The Morgan fingerprint density at radius 3 is 2.67 bits per heavy atom. The van der Waals surface area contributed by atoms with Crippen LogP contribution in [0.1, 0.15) is 31.9 Å². The van der Waals surface area contributed by atoms with E-state index in [2.05, 4.69) is 24.1 Å². The number of nitrogens with zero attached hydrogens (tertiary/aromatic N) is 1. The highest BCUT2D eigenvalue weighted by Gasteiger charge is 2.28. The Morgan fingerprint density at radius 1 is 1.39 bits per heavy atom. The van der Waals surface area contributed by atoms with Crippen LogP contribution >= 0.6 is 0 Å². The molecule has 3 unspecified atom stereocenters. The van der Waals surface area contributed by atoms with Crippen LogP contribution in [0.2, 0.25) is 0 Å². The lowest BCUT2D eigenvalue weighted by molar-refractivity contribution is 0.236. The normalized spacial score (nSPS) is 26.4. The van der Waals surface area contributed by atoms with Gasteiger partial charge in [-0.25, -0.2) is 4.39 Å². The predicted molar refractivity (Wildman–Crippen MR) is 73.0 cm³/mol. The third-order valence-corrected chi connectivity index (χ3v) is 3.96. The number of likely N-dealkylation sites (tertiary alicyclic amines) is 1. The first kappa shape index (κ1) is 13.5. The minimum Gasteiger partial charge on any atom is -0.312 e. The summed E-state index contributed by atoms with van der Waals surface area (Å²) in [5.74, 6) is 0.634. The summed E-state index contributed by atoms with van der Waals surface area (Å²) in [6.45, 7) is 6.54. The zero-order chi connectivity index (χ0) is 13.1. The van der Waals surface area contributed by atoms with Gasteiger partial charge >= 0.3 is 0 Å². The zero-order valence-corrected chi connectivity index (χ0v) is 11.5. The van der Waals surface area contributed by atoms with E-state index in [0.29, 0.717) is 6.04 Å². The number of hydrogen-bond acceptors (Lipinski definition) is 2. The topological polar surface area (TPSA) is 15.3 Å². The molecule has 0 radical (unpaired) electrons. The highest BCUT2D eigenvalue weighted by molar-refractivity contribution is 5.21. The first-order valence-corrected chi connectivity index (χ1v) is 6.77. The minimum absolute atomic E-state index is 0.0685. The van der Waals surface area contributed by atoms with Gasteiger partial charge in [-0.3, -0.25) is 4.90 Å². The van der Waals surface area contributed by atoms with Crippen LogP contribution < -0.4 is 5.32 Å². The van der Waals surface area contributed by atoms with Crippen molar-refractivity contribution in [3.05, 3.63) is 35.6 Å². The van der Waals surface area contributed by atoms with Gasteiger partial charge in [-0.2, -0.15) is 0 Å². The van der Waals surface area contributed by atoms with Crippen LogP contribution in [-0.4, -0.2) is 31.1 Å². The summed E-state index contributed by atoms with van der Waals surface area (Å²) in [6.07, 6.45) is 1.24. The minimum atomic E-state index is -0.114. The van der Waals surface area contributed by atoms with Crippen LogP contribution in [0.4, 0.5) is 4.39 Å². The summed E-state index contributed by atoms with van der Waals surface area (Å²) in [5.41, 5.74) is 0.770. The van der Waals surface area contributed by atoms with Gasteiger partial charge in [-0.1, -0.05) is 25.1 Å².